The van der Waals surface area contributed by atoms with Crippen LogP contribution in [0.5, 0.6) is 0 Å². The van der Waals surface area contributed by atoms with Gasteiger partial charge in [-0.05, 0) is 44.1 Å². The van der Waals surface area contributed by atoms with Gasteiger partial charge in [-0.3, -0.25) is 14.5 Å². The average Bonchev–Trinajstić information content (AvgIpc) is 2.63. The van der Waals surface area contributed by atoms with Crippen molar-refractivity contribution in [2.45, 2.75) is 46.0 Å². The summed E-state index contributed by atoms with van der Waals surface area (Å²) in [5.41, 5.74) is 0.605. The van der Waals surface area contributed by atoms with Crippen LogP contribution in [0, 0.1) is 11.7 Å². The minimum Gasteiger partial charge on any atom is -0.325 e. The van der Waals surface area contributed by atoms with E-state index in [1.807, 2.05) is 18.7 Å². The van der Waals surface area contributed by atoms with Crippen molar-refractivity contribution < 1.29 is 14.0 Å². The summed E-state index contributed by atoms with van der Waals surface area (Å²) in [6.07, 6.45) is 4.96. The second-order valence-electron chi connectivity index (χ2n) is 6.53. The van der Waals surface area contributed by atoms with E-state index in [2.05, 4.69) is 10.6 Å². The molecule has 0 bridgehead atoms. The number of amides is 2. The zero-order valence-corrected chi connectivity index (χ0v) is 15.1. The molecule has 1 fully saturated rings. The van der Waals surface area contributed by atoms with Gasteiger partial charge in [-0.1, -0.05) is 33.1 Å². The fourth-order valence-corrected chi connectivity index (χ4v) is 3.15. The quantitative estimate of drug-likeness (QED) is 0.790. The van der Waals surface area contributed by atoms with Gasteiger partial charge in [-0.15, -0.1) is 0 Å². The van der Waals surface area contributed by atoms with Gasteiger partial charge >= 0.3 is 0 Å². The summed E-state index contributed by atoms with van der Waals surface area (Å²) in [5, 5.41) is 5.44. The number of carbonyl (C=O) groups is 2. The van der Waals surface area contributed by atoms with Gasteiger partial charge in [0.1, 0.15) is 5.82 Å². The Bertz CT molecular complexity index is 596. The van der Waals surface area contributed by atoms with Crippen molar-refractivity contribution in [3.63, 3.8) is 0 Å². The Kier molecular flexibility index (Phi) is 7.37. The van der Waals surface area contributed by atoms with E-state index in [0.717, 1.165) is 45.2 Å². The maximum Gasteiger partial charge on any atom is 0.238 e. The first-order valence-electron chi connectivity index (χ1n) is 9.16. The molecule has 25 heavy (non-hydrogen) atoms. The zero-order valence-electron chi connectivity index (χ0n) is 15.1. The molecule has 5 nitrogen and oxygen atoms in total. The third-order valence-corrected chi connectivity index (χ3v) is 4.75. The summed E-state index contributed by atoms with van der Waals surface area (Å²) >= 11 is 0. The number of rotatable bonds is 7. The van der Waals surface area contributed by atoms with Crippen molar-refractivity contribution in [1.29, 1.82) is 0 Å². The lowest BCUT2D eigenvalue weighted by atomic mass is 9.88. The Labute approximate surface area is 149 Å². The van der Waals surface area contributed by atoms with E-state index in [9.17, 15) is 14.0 Å². The molecular weight excluding hydrogens is 321 g/mol. The van der Waals surface area contributed by atoms with E-state index in [0.29, 0.717) is 5.69 Å². The van der Waals surface area contributed by atoms with Crippen molar-refractivity contribution in [2.24, 2.45) is 5.92 Å². The van der Waals surface area contributed by atoms with Crippen molar-refractivity contribution in [3.05, 3.63) is 24.0 Å². The van der Waals surface area contributed by atoms with Gasteiger partial charge in [0.2, 0.25) is 11.8 Å². The number of nitrogens with zero attached hydrogens (tertiary/aromatic N) is 1. The standard InChI is InChI=1S/C19H28FN3O2/c1-3-23(4-2)13-18(24)21-15-10-11-16(20)17(12-15)22-19(25)14-8-6-5-7-9-14/h10-12,14H,3-9,13H2,1-2H3,(H,21,24)(H,22,25). The van der Waals surface area contributed by atoms with Crippen LogP contribution < -0.4 is 10.6 Å². The third-order valence-electron chi connectivity index (χ3n) is 4.75. The maximum absolute atomic E-state index is 14.0. The van der Waals surface area contributed by atoms with Crippen molar-refractivity contribution >= 4 is 23.2 Å². The fourth-order valence-electron chi connectivity index (χ4n) is 3.15. The summed E-state index contributed by atoms with van der Waals surface area (Å²) in [6, 6.07) is 4.26. The highest BCUT2D eigenvalue weighted by molar-refractivity contribution is 5.95. The van der Waals surface area contributed by atoms with Crippen LogP contribution in [0.15, 0.2) is 18.2 Å². The smallest absolute Gasteiger partial charge is 0.238 e. The lowest BCUT2D eigenvalue weighted by molar-refractivity contribution is -0.120. The van der Waals surface area contributed by atoms with Gasteiger partial charge < -0.3 is 10.6 Å². The van der Waals surface area contributed by atoms with Crippen LogP contribution in [0.25, 0.3) is 0 Å². The van der Waals surface area contributed by atoms with Crippen LogP contribution in [0.1, 0.15) is 46.0 Å². The van der Waals surface area contributed by atoms with Crippen LogP contribution in [0.3, 0.4) is 0 Å². The molecule has 0 aliphatic heterocycles. The highest BCUT2D eigenvalue weighted by Gasteiger charge is 2.22. The monoisotopic (exact) mass is 349 g/mol. The van der Waals surface area contributed by atoms with Gasteiger partial charge in [0.25, 0.3) is 0 Å². The molecule has 0 aromatic heterocycles. The Balaban J connectivity index is 1.99. The summed E-state index contributed by atoms with van der Waals surface area (Å²) in [6.45, 7) is 5.85. The molecule has 138 valence electrons. The molecule has 2 rings (SSSR count). The van der Waals surface area contributed by atoms with E-state index in [-0.39, 0.29) is 30.0 Å². The molecule has 1 aliphatic carbocycles. The predicted octanol–water partition coefficient (Wildman–Crippen LogP) is 3.62. The molecule has 1 aromatic carbocycles. The molecule has 1 saturated carbocycles. The molecule has 1 aliphatic rings. The molecule has 2 N–H and O–H groups in total. The third kappa shape index (κ3) is 5.81. The summed E-state index contributed by atoms with van der Waals surface area (Å²) in [4.78, 5) is 26.4. The average molecular weight is 349 g/mol. The number of carbonyl (C=O) groups excluding carboxylic acids is 2. The van der Waals surface area contributed by atoms with Crippen molar-refractivity contribution in [1.82, 2.24) is 4.90 Å². The van der Waals surface area contributed by atoms with Crippen LogP contribution in [-0.4, -0.2) is 36.3 Å². The number of halogens is 1. The van der Waals surface area contributed by atoms with Gasteiger partial charge in [-0.25, -0.2) is 4.39 Å². The predicted molar refractivity (Wildman–Crippen MR) is 98.0 cm³/mol. The number of benzene rings is 1. The van der Waals surface area contributed by atoms with Gasteiger partial charge in [0, 0.05) is 11.6 Å². The number of likely N-dealkylation sites (N-methyl/N-ethyl adjacent to an activating group) is 1. The number of anilines is 2. The number of hydrogen-bond acceptors (Lipinski definition) is 3. The maximum atomic E-state index is 14.0. The van der Waals surface area contributed by atoms with Gasteiger partial charge in [0.15, 0.2) is 0 Å². The highest BCUT2D eigenvalue weighted by Crippen LogP contribution is 2.26. The topological polar surface area (TPSA) is 61.4 Å². The van der Waals surface area contributed by atoms with Crippen molar-refractivity contribution in [3.8, 4) is 0 Å². The molecule has 2 amide bonds. The van der Waals surface area contributed by atoms with E-state index < -0.39 is 5.82 Å². The second-order valence-corrected chi connectivity index (χ2v) is 6.53. The minimum atomic E-state index is -0.495. The lowest BCUT2D eigenvalue weighted by Crippen LogP contribution is -2.33. The fraction of sp³-hybridized carbons (Fsp3) is 0.579. The number of nitrogens with one attached hydrogen (secondary N) is 2. The molecule has 0 spiro atoms. The molecule has 6 heteroatoms. The number of hydrogen-bond donors (Lipinski definition) is 2. The molecule has 0 heterocycles. The van der Waals surface area contributed by atoms with Crippen LogP contribution in [0.4, 0.5) is 15.8 Å². The molecule has 0 radical (unpaired) electrons. The zero-order chi connectivity index (χ0) is 18.2. The van der Waals surface area contributed by atoms with Crippen molar-refractivity contribution in [2.75, 3.05) is 30.3 Å². The Hall–Kier alpha value is -1.95. The van der Waals surface area contributed by atoms with E-state index in [1.54, 1.807) is 0 Å². The molecule has 0 atom stereocenters. The SMILES string of the molecule is CCN(CC)CC(=O)Nc1ccc(F)c(NC(=O)C2CCCCC2)c1. The molecular formula is C19H28FN3O2. The summed E-state index contributed by atoms with van der Waals surface area (Å²) in [5.74, 6) is -0.829. The Morgan fingerprint density at radius 3 is 2.44 bits per heavy atom. The van der Waals surface area contributed by atoms with Gasteiger partial charge in [0.05, 0.1) is 12.2 Å². The second kappa shape index (κ2) is 9.51. The normalized spacial score (nSPS) is 15.2. The highest BCUT2D eigenvalue weighted by atomic mass is 19.1. The van der Waals surface area contributed by atoms with Gasteiger partial charge in [-0.2, -0.15) is 0 Å². The Morgan fingerprint density at radius 1 is 1.12 bits per heavy atom. The van der Waals surface area contributed by atoms with E-state index >= 15 is 0 Å². The van der Waals surface area contributed by atoms with E-state index in [4.69, 9.17) is 0 Å². The molecule has 0 unspecified atom stereocenters. The Morgan fingerprint density at radius 2 is 1.80 bits per heavy atom. The largest absolute Gasteiger partial charge is 0.325 e. The first-order chi connectivity index (χ1) is 12.0. The summed E-state index contributed by atoms with van der Waals surface area (Å²) < 4.78 is 14.0. The summed E-state index contributed by atoms with van der Waals surface area (Å²) in [7, 11) is 0. The molecule has 0 saturated heterocycles. The van der Waals surface area contributed by atoms with E-state index in [1.165, 1.54) is 18.2 Å². The first kappa shape index (κ1) is 19.4. The van der Waals surface area contributed by atoms with Crippen LogP contribution in [-0.2, 0) is 9.59 Å². The lowest BCUT2D eigenvalue weighted by Gasteiger charge is -2.21. The molecule has 1 aromatic rings. The minimum absolute atomic E-state index is 0.0472. The van der Waals surface area contributed by atoms with Crippen LogP contribution >= 0.6 is 0 Å². The van der Waals surface area contributed by atoms with Crippen LogP contribution in [0.2, 0.25) is 0 Å². The first-order valence-corrected chi connectivity index (χ1v) is 9.16.